The van der Waals surface area contributed by atoms with Gasteiger partial charge in [0.05, 0.1) is 26.4 Å². The van der Waals surface area contributed by atoms with Crippen LogP contribution in [-0.2, 0) is 27.1 Å². The molecule has 2 rings (SSSR count). The third kappa shape index (κ3) is 8.44. The molecule has 0 aliphatic carbocycles. The first-order valence-corrected chi connectivity index (χ1v) is 9.71. The number of hydrogen-bond acceptors (Lipinski definition) is 6. The highest BCUT2D eigenvalue weighted by Gasteiger charge is 2.01. The van der Waals surface area contributed by atoms with Crippen LogP contribution in [0.25, 0.3) is 0 Å². The van der Waals surface area contributed by atoms with Crippen LogP contribution in [0.15, 0.2) is 35.0 Å². The first kappa shape index (κ1) is 18.9. The maximum atomic E-state index is 11.4. The van der Waals surface area contributed by atoms with Crippen LogP contribution >= 0.6 is 22.7 Å². The Morgan fingerprint density at radius 3 is 2.08 bits per heavy atom. The third-order valence-corrected chi connectivity index (χ3v) is 4.99. The molecule has 1 N–H and O–H groups in total. The Labute approximate surface area is 150 Å². The fourth-order valence-corrected chi connectivity index (χ4v) is 3.31. The van der Waals surface area contributed by atoms with Gasteiger partial charge >= 0.3 is 6.09 Å². The SMILES string of the molecule is O=C(NCCOCCc1cccs1)OCCOCCc1cccs1. The molecule has 24 heavy (non-hydrogen) atoms. The maximum absolute atomic E-state index is 11.4. The number of carbonyl (C=O) groups is 1. The van der Waals surface area contributed by atoms with Gasteiger partial charge in [-0.1, -0.05) is 12.1 Å². The molecular weight excluding hydrogens is 346 g/mol. The van der Waals surface area contributed by atoms with E-state index in [1.165, 1.54) is 9.75 Å². The van der Waals surface area contributed by atoms with E-state index >= 15 is 0 Å². The first-order chi connectivity index (χ1) is 11.8. The molecule has 0 fully saturated rings. The van der Waals surface area contributed by atoms with Crippen molar-refractivity contribution in [3.05, 3.63) is 44.8 Å². The summed E-state index contributed by atoms with van der Waals surface area (Å²) >= 11 is 3.44. The van der Waals surface area contributed by atoms with Crippen LogP contribution in [0.3, 0.4) is 0 Å². The third-order valence-electron chi connectivity index (χ3n) is 3.12. The second-order valence-electron chi connectivity index (χ2n) is 4.95. The predicted octanol–water partition coefficient (Wildman–Crippen LogP) is 3.35. The van der Waals surface area contributed by atoms with Gasteiger partial charge in [-0.05, 0) is 22.9 Å². The van der Waals surface area contributed by atoms with Crippen LogP contribution in [-0.4, -0.2) is 45.7 Å². The molecule has 0 aliphatic rings. The normalized spacial score (nSPS) is 10.7. The van der Waals surface area contributed by atoms with Crippen LogP contribution in [0.2, 0.25) is 0 Å². The van der Waals surface area contributed by atoms with Gasteiger partial charge in [-0.3, -0.25) is 0 Å². The van der Waals surface area contributed by atoms with Gasteiger partial charge in [0, 0.05) is 29.1 Å². The first-order valence-electron chi connectivity index (χ1n) is 7.95. The Kier molecular flexibility index (Phi) is 9.48. The molecule has 0 aliphatic heterocycles. The largest absolute Gasteiger partial charge is 0.447 e. The van der Waals surface area contributed by atoms with Crippen LogP contribution in [0.4, 0.5) is 4.79 Å². The molecular formula is C17H23NO4S2. The van der Waals surface area contributed by atoms with Gasteiger partial charge in [0.2, 0.25) is 0 Å². The zero-order valence-electron chi connectivity index (χ0n) is 13.6. The zero-order valence-corrected chi connectivity index (χ0v) is 15.2. The van der Waals surface area contributed by atoms with Crippen molar-refractivity contribution in [2.24, 2.45) is 0 Å². The van der Waals surface area contributed by atoms with Crippen molar-refractivity contribution >= 4 is 28.8 Å². The van der Waals surface area contributed by atoms with Crippen molar-refractivity contribution in [1.82, 2.24) is 5.32 Å². The fraction of sp³-hybridized carbons (Fsp3) is 0.471. The molecule has 0 aromatic carbocycles. The van der Waals surface area contributed by atoms with Crippen molar-refractivity contribution in [3.63, 3.8) is 0 Å². The van der Waals surface area contributed by atoms with E-state index in [0.29, 0.717) is 33.0 Å². The standard InChI is InChI=1S/C17H23NO4S2/c19-17(18-7-10-20-8-5-15-3-1-13-23-15)22-12-11-21-9-6-16-4-2-14-24-16/h1-4,13-14H,5-12H2,(H,18,19). The molecule has 2 aromatic heterocycles. The highest BCUT2D eigenvalue weighted by Crippen LogP contribution is 2.09. The van der Waals surface area contributed by atoms with Gasteiger partial charge in [0.15, 0.2) is 0 Å². The monoisotopic (exact) mass is 369 g/mol. The van der Waals surface area contributed by atoms with Gasteiger partial charge in [0.25, 0.3) is 0 Å². The van der Waals surface area contributed by atoms with E-state index in [4.69, 9.17) is 14.2 Å². The highest BCUT2D eigenvalue weighted by molar-refractivity contribution is 7.10. The Bertz CT molecular complexity index is 495. The maximum Gasteiger partial charge on any atom is 0.407 e. The molecule has 7 heteroatoms. The van der Waals surface area contributed by atoms with Crippen molar-refractivity contribution in [1.29, 1.82) is 0 Å². The average molecular weight is 370 g/mol. The lowest BCUT2D eigenvalue weighted by Gasteiger charge is -2.08. The molecule has 5 nitrogen and oxygen atoms in total. The van der Waals surface area contributed by atoms with Crippen molar-refractivity contribution in [3.8, 4) is 0 Å². The average Bonchev–Trinajstić information content (AvgIpc) is 3.27. The van der Waals surface area contributed by atoms with E-state index in [0.717, 1.165) is 12.8 Å². The molecule has 2 aromatic rings. The van der Waals surface area contributed by atoms with Gasteiger partial charge in [-0.25, -0.2) is 4.79 Å². The lowest BCUT2D eigenvalue weighted by molar-refractivity contribution is 0.0723. The summed E-state index contributed by atoms with van der Waals surface area (Å²) in [5, 5.41) is 6.76. The molecule has 2 heterocycles. The minimum atomic E-state index is -0.432. The second kappa shape index (κ2) is 12.0. The Balaban J connectivity index is 1.34. The fourth-order valence-electron chi connectivity index (χ4n) is 1.93. The van der Waals surface area contributed by atoms with E-state index in [9.17, 15) is 4.79 Å². The van der Waals surface area contributed by atoms with E-state index in [1.54, 1.807) is 22.7 Å². The molecule has 0 unspecified atom stereocenters. The van der Waals surface area contributed by atoms with Crippen LogP contribution in [0, 0.1) is 0 Å². The predicted molar refractivity (Wildman–Crippen MR) is 97.0 cm³/mol. The summed E-state index contributed by atoms with van der Waals surface area (Å²) in [6.07, 6.45) is 1.37. The molecule has 0 spiro atoms. The van der Waals surface area contributed by atoms with Crippen LogP contribution in [0.1, 0.15) is 9.75 Å². The molecule has 0 atom stereocenters. The summed E-state index contributed by atoms with van der Waals surface area (Å²) in [6.45, 7) is 2.91. The quantitative estimate of drug-likeness (QED) is 0.583. The number of rotatable bonds is 12. The second-order valence-corrected chi connectivity index (χ2v) is 7.01. The van der Waals surface area contributed by atoms with E-state index in [2.05, 4.69) is 28.2 Å². The number of alkyl carbamates (subject to hydrolysis) is 1. The Morgan fingerprint density at radius 1 is 0.875 bits per heavy atom. The lowest BCUT2D eigenvalue weighted by atomic mass is 10.4. The topological polar surface area (TPSA) is 56.8 Å². The highest BCUT2D eigenvalue weighted by atomic mass is 32.1. The summed E-state index contributed by atoms with van der Waals surface area (Å²) in [6, 6.07) is 8.23. The Morgan fingerprint density at radius 2 is 1.50 bits per heavy atom. The molecule has 132 valence electrons. The van der Waals surface area contributed by atoms with Crippen molar-refractivity contribution in [2.75, 3.05) is 39.6 Å². The smallest absolute Gasteiger partial charge is 0.407 e. The van der Waals surface area contributed by atoms with Gasteiger partial charge in [0.1, 0.15) is 6.61 Å². The number of amides is 1. The van der Waals surface area contributed by atoms with Crippen molar-refractivity contribution in [2.45, 2.75) is 12.8 Å². The molecule has 0 bridgehead atoms. The minimum absolute atomic E-state index is 0.259. The summed E-state index contributed by atoms with van der Waals surface area (Å²) in [5.74, 6) is 0. The van der Waals surface area contributed by atoms with Gasteiger partial charge in [-0.15, -0.1) is 22.7 Å². The summed E-state index contributed by atoms with van der Waals surface area (Å²) < 4.78 is 15.9. The summed E-state index contributed by atoms with van der Waals surface area (Å²) in [4.78, 5) is 14.0. The number of ether oxygens (including phenoxy) is 3. The number of nitrogens with one attached hydrogen (secondary N) is 1. The number of hydrogen-bond donors (Lipinski definition) is 1. The molecule has 0 saturated carbocycles. The van der Waals surface area contributed by atoms with E-state index < -0.39 is 6.09 Å². The number of carbonyl (C=O) groups excluding carboxylic acids is 1. The molecule has 0 radical (unpaired) electrons. The van der Waals surface area contributed by atoms with Crippen molar-refractivity contribution < 1.29 is 19.0 Å². The Hall–Kier alpha value is -1.41. The summed E-state index contributed by atoms with van der Waals surface area (Å²) in [7, 11) is 0. The van der Waals surface area contributed by atoms with E-state index in [1.807, 2.05) is 12.1 Å². The molecule has 0 saturated heterocycles. The minimum Gasteiger partial charge on any atom is -0.447 e. The zero-order chi connectivity index (χ0) is 16.9. The summed E-state index contributed by atoms with van der Waals surface area (Å²) in [5.41, 5.74) is 0. The van der Waals surface area contributed by atoms with Gasteiger partial charge in [-0.2, -0.15) is 0 Å². The van der Waals surface area contributed by atoms with E-state index in [-0.39, 0.29) is 6.61 Å². The molecule has 1 amide bonds. The van der Waals surface area contributed by atoms with Crippen LogP contribution in [0.5, 0.6) is 0 Å². The number of thiophene rings is 2. The van der Waals surface area contributed by atoms with Crippen LogP contribution < -0.4 is 5.32 Å². The lowest BCUT2D eigenvalue weighted by Crippen LogP contribution is -2.29. The van der Waals surface area contributed by atoms with Gasteiger partial charge < -0.3 is 19.5 Å².